The molecular formula is C11H18F3N5. The first-order valence-corrected chi connectivity index (χ1v) is 5.78. The number of rotatable bonds is 4. The van der Waals surface area contributed by atoms with Crippen molar-refractivity contribution < 1.29 is 13.2 Å². The molecule has 0 fully saturated rings. The van der Waals surface area contributed by atoms with E-state index in [0.29, 0.717) is 17.5 Å². The van der Waals surface area contributed by atoms with E-state index >= 15 is 0 Å². The van der Waals surface area contributed by atoms with E-state index in [1.54, 1.807) is 0 Å². The predicted molar refractivity (Wildman–Crippen MR) is 67.7 cm³/mol. The quantitative estimate of drug-likeness (QED) is 0.582. The molecule has 0 unspecified atom stereocenters. The maximum Gasteiger partial charge on any atom is 0.390 e. The summed E-state index contributed by atoms with van der Waals surface area (Å²) in [7, 11) is 0. The second kappa shape index (κ2) is 5.60. The van der Waals surface area contributed by atoms with Crippen LogP contribution in [0.5, 0.6) is 0 Å². The van der Waals surface area contributed by atoms with E-state index in [0.717, 1.165) is 0 Å². The maximum absolute atomic E-state index is 12.1. The van der Waals surface area contributed by atoms with Crippen LogP contribution in [0.15, 0.2) is 6.07 Å². The van der Waals surface area contributed by atoms with Crippen LogP contribution in [0, 0.1) is 0 Å². The fourth-order valence-electron chi connectivity index (χ4n) is 1.28. The molecule has 0 aliphatic carbocycles. The van der Waals surface area contributed by atoms with Crippen LogP contribution in [-0.2, 0) is 5.41 Å². The Labute approximate surface area is 109 Å². The molecule has 0 aliphatic heterocycles. The topological polar surface area (TPSA) is 75.9 Å². The Morgan fingerprint density at radius 3 is 2.21 bits per heavy atom. The predicted octanol–water partition coefficient (Wildman–Crippen LogP) is 2.42. The Kier molecular flexibility index (Phi) is 4.56. The summed E-state index contributed by atoms with van der Waals surface area (Å²) in [5.41, 5.74) is 2.05. The van der Waals surface area contributed by atoms with Crippen molar-refractivity contribution in [3.8, 4) is 0 Å². The molecule has 0 aromatic carbocycles. The second-order valence-electron chi connectivity index (χ2n) is 5.15. The monoisotopic (exact) mass is 277 g/mol. The standard InChI is InChI=1S/C11H18F3N5/c1-10(2,3)9-17-7(6-8(18-9)19-15)16-5-4-11(12,13)14/h6H,4-5,15H2,1-3H3,(H2,16,17,18,19). The molecule has 5 nitrogen and oxygen atoms in total. The van der Waals surface area contributed by atoms with Gasteiger partial charge in [0.15, 0.2) is 0 Å². The number of hydrazine groups is 1. The number of anilines is 2. The van der Waals surface area contributed by atoms with Crippen molar-refractivity contribution in [2.75, 3.05) is 17.3 Å². The van der Waals surface area contributed by atoms with Crippen molar-refractivity contribution in [2.24, 2.45) is 5.84 Å². The molecule has 1 heterocycles. The van der Waals surface area contributed by atoms with Gasteiger partial charge >= 0.3 is 6.18 Å². The molecule has 0 saturated heterocycles. The molecule has 8 heteroatoms. The van der Waals surface area contributed by atoms with E-state index in [-0.39, 0.29) is 12.0 Å². The van der Waals surface area contributed by atoms with E-state index < -0.39 is 12.6 Å². The Hall–Kier alpha value is -1.57. The maximum atomic E-state index is 12.1. The summed E-state index contributed by atoms with van der Waals surface area (Å²) < 4.78 is 36.2. The molecule has 0 bridgehead atoms. The molecule has 0 radical (unpaired) electrons. The lowest BCUT2D eigenvalue weighted by molar-refractivity contribution is -0.131. The highest BCUT2D eigenvalue weighted by atomic mass is 19.4. The fraction of sp³-hybridized carbons (Fsp3) is 0.636. The number of nitrogens with two attached hydrogens (primary N) is 1. The van der Waals surface area contributed by atoms with E-state index in [1.165, 1.54) is 6.07 Å². The van der Waals surface area contributed by atoms with Crippen LogP contribution in [0.2, 0.25) is 0 Å². The molecular weight excluding hydrogens is 259 g/mol. The summed E-state index contributed by atoms with van der Waals surface area (Å²) in [6, 6.07) is 1.46. The van der Waals surface area contributed by atoms with E-state index in [9.17, 15) is 13.2 Å². The molecule has 0 spiro atoms. The van der Waals surface area contributed by atoms with Gasteiger partial charge in [0.1, 0.15) is 17.5 Å². The lowest BCUT2D eigenvalue weighted by atomic mass is 9.96. The number of nitrogens with zero attached hydrogens (tertiary/aromatic N) is 2. The van der Waals surface area contributed by atoms with Crippen LogP contribution in [-0.4, -0.2) is 22.7 Å². The van der Waals surface area contributed by atoms with Gasteiger partial charge in [-0.05, 0) is 0 Å². The van der Waals surface area contributed by atoms with Crippen LogP contribution < -0.4 is 16.6 Å². The zero-order valence-electron chi connectivity index (χ0n) is 11.1. The molecule has 19 heavy (non-hydrogen) atoms. The molecule has 1 aromatic rings. The molecule has 0 saturated carbocycles. The summed E-state index contributed by atoms with van der Waals surface area (Å²) in [4.78, 5) is 8.36. The minimum absolute atomic E-state index is 0.242. The summed E-state index contributed by atoms with van der Waals surface area (Å²) in [5.74, 6) is 6.45. The van der Waals surface area contributed by atoms with Gasteiger partial charge in [0.05, 0.1) is 6.42 Å². The van der Waals surface area contributed by atoms with Gasteiger partial charge in [-0.3, -0.25) is 0 Å². The Balaban J connectivity index is 2.83. The third-order valence-electron chi connectivity index (χ3n) is 2.26. The van der Waals surface area contributed by atoms with Crippen LogP contribution in [0.25, 0.3) is 0 Å². The number of nitrogen functional groups attached to an aromatic ring is 1. The number of hydrogen-bond donors (Lipinski definition) is 3. The van der Waals surface area contributed by atoms with Gasteiger partial charge in [0.2, 0.25) is 0 Å². The van der Waals surface area contributed by atoms with Gasteiger partial charge in [-0.25, -0.2) is 15.8 Å². The molecule has 1 aromatic heterocycles. The Morgan fingerprint density at radius 2 is 1.74 bits per heavy atom. The highest BCUT2D eigenvalue weighted by molar-refractivity contribution is 5.47. The highest BCUT2D eigenvalue weighted by Gasteiger charge is 2.26. The summed E-state index contributed by atoms with van der Waals surface area (Å²) in [6.45, 7) is 5.47. The van der Waals surface area contributed by atoms with Crippen LogP contribution in [0.4, 0.5) is 24.8 Å². The van der Waals surface area contributed by atoms with Crippen LogP contribution in [0.3, 0.4) is 0 Å². The molecule has 0 aliphatic rings. The smallest absolute Gasteiger partial charge is 0.370 e. The van der Waals surface area contributed by atoms with Gasteiger partial charge in [-0.15, -0.1) is 0 Å². The van der Waals surface area contributed by atoms with Crippen molar-refractivity contribution in [1.29, 1.82) is 0 Å². The average molecular weight is 277 g/mol. The fourth-order valence-corrected chi connectivity index (χ4v) is 1.28. The number of halogens is 3. The number of alkyl halides is 3. The Bertz CT molecular complexity index is 425. The first kappa shape index (κ1) is 15.5. The Morgan fingerprint density at radius 1 is 1.16 bits per heavy atom. The van der Waals surface area contributed by atoms with Crippen molar-refractivity contribution in [3.63, 3.8) is 0 Å². The first-order valence-electron chi connectivity index (χ1n) is 5.78. The lowest BCUT2D eigenvalue weighted by Gasteiger charge is -2.19. The lowest BCUT2D eigenvalue weighted by Crippen LogP contribution is -2.21. The van der Waals surface area contributed by atoms with E-state index in [1.807, 2.05) is 20.8 Å². The molecule has 0 atom stereocenters. The third kappa shape index (κ3) is 5.29. The number of hydrogen-bond acceptors (Lipinski definition) is 5. The van der Waals surface area contributed by atoms with Gasteiger partial charge in [0.25, 0.3) is 0 Å². The SMILES string of the molecule is CC(C)(C)c1nc(NN)cc(NCCC(F)(F)F)n1. The summed E-state index contributed by atoms with van der Waals surface area (Å²) in [6.07, 6.45) is -5.12. The summed E-state index contributed by atoms with van der Waals surface area (Å²) in [5, 5.41) is 2.62. The molecule has 108 valence electrons. The van der Waals surface area contributed by atoms with Gasteiger partial charge in [0, 0.05) is 18.0 Å². The van der Waals surface area contributed by atoms with Crippen LogP contribution >= 0.6 is 0 Å². The van der Waals surface area contributed by atoms with Crippen molar-refractivity contribution in [3.05, 3.63) is 11.9 Å². The zero-order valence-corrected chi connectivity index (χ0v) is 11.1. The van der Waals surface area contributed by atoms with Gasteiger partial charge in [-0.1, -0.05) is 20.8 Å². The van der Waals surface area contributed by atoms with Crippen LogP contribution in [0.1, 0.15) is 33.0 Å². The molecule has 1 rings (SSSR count). The molecule has 0 amide bonds. The van der Waals surface area contributed by atoms with Gasteiger partial charge in [-0.2, -0.15) is 13.2 Å². The molecule has 4 N–H and O–H groups in total. The number of aromatic nitrogens is 2. The first-order chi connectivity index (χ1) is 8.62. The minimum atomic E-state index is -4.19. The highest BCUT2D eigenvalue weighted by Crippen LogP contribution is 2.23. The largest absolute Gasteiger partial charge is 0.390 e. The zero-order chi connectivity index (χ0) is 14.7. The normalized spacial score (nSPS) is 12.4. The van der Waals surface area contributed by atoms with Crippen molar-refractivity contribution in [1.82, 2.24) is 9.97 Å². The minimum Gasteiger partial charge on any atom is -0.370 e. The second-order valence-corrected chi connectivity index (χ2v) is 5.15. The summed E-state index contributed by atoms with van der Waals surface area (Å²) >= 11 is 0. The number of nitrogens with one attached hydrogen (secondary N) is 2. The third-order valence-corrected chi connectivity index (χ3v) is 2.26. The van der Waals surface area contributed by atoms with E-state index in [2.05, 4.69) is 20.7 Å². The van der Waals surface area contributed by atoms with Crippen molar-refractivity contribution >= 4 is 11.6 Å². The van der Waals surface area contributed by atoms with Gasteiger partial charge < -0.3 is 10.7 Å². The van der Waals surface area contributed by atoms with Crippen molar-refractivity contribution in [2.45, 2.75) is 38.8 Å². The van der Waals surface area contributed by atoms with E-state index in [4.69, 9.17) is 5.84 Å². The average Bonchev–Trinajstić information content (AvgIpc) is 2.25.